The Morgan fingerprint density at radius 2 is 1.89 bits per heavy atom. The molecule has 1 N–H and O–H groups in total. The number of aromatic amines is 1. The van der Waals surface area contributed by atoms with Gasteiger partial charge in [0.15, 0.2) is 5.65 Å². The Hall–Kier alpha value is -2.06. The number of halogens is 2. The molecule has 0 atom stereocenters. The summed E-state index contributed by atoms with van der Waals surface area (Å²) < 4.78 is 6.73. The van der Waals surface area contributed by atoms with Crippen LogP contribution < -0.4 is 11.1 Å². The van der Waals surface area contributed by atoms with E-state index in [0.717, 1.165) is 0 Å². The van der Waals surface area contributed by atoms with Crippen LogP contribution in [0.15, 0.2) is 15.7 Å². The molecule has 2 aromatic rings. The Kier molecular flexibility index (Phi) is 5.22. The van der Waals surface area contributed by atoms with Crippen LogP contribution in [0.2, 0.25) is 10.2 Å². The van der Waals surface area contributed by atoms with E-state index in [2.05, 4.69) is 9.97 Å². The fraction of sp³-hybridized carbons (Fsp3) is 0.529. The molecule has 0 aromatic carbocycles. The van der Waals surface area contributed by atoms with Gasteiger partial charge in [-0.1, -0.05) is 23.2 Å². The number of carbonyl (C=O) groups excluding carboxylic acids is 1. The fourth-order valence-electron chi connectivity index (χ4n) is 3.09. The summed E-state index contributed by atoms with van der Waals surface area (Å²) in [7, 11) is 0. The SMILES string of the molecule is CC(C)(C)OC(=O)N1CCC(n2c(=O)c(=O)[nH]c3cc(Cl)c(Cl)nc32)CC1. The number of pyridine rings is 1. The van der Waals surface area contributed by atoms with Crippen LogP contribution in [0, 0.1) is 0 Å². The van der Waals surface area contributed by atoms with Gasteiger partial charge in [0.25, 0.3) is 0 Å². The number of ether oxygens (including phenoxy) is 1. The molecule has 3 heterocycles. The standard InChI is InChI=1S/C17H20Cl2N4O4/c1-17(2,3)27-16(26)22-6-4-9(5-7-22)23-13-11(20-14(24)15(23)25)8-10(18)12(19)21-13/h8-9H,4-7H2,1-3H3,(H,20,24). The second kappa shape index (κ2) is 7.16. The summed E-state index contributed by atoms with van der Waals surface area (Å²) in [6.45, 7) is 6.23. The molecule has 0 spiro atoms. The van der Waals surface area contributed by atoms with Crippen LogP contribution in [0.4, 0.5) is 4.79 Å². The maximum atomic E-state index is 12.5. The molecule has 1 aliphatic heterocycles. The summed E-state index contributed by atoms with van der Waals surface area (Å²) >= 11 is 12.0. The molecule has 1 aliphatic rings. The van der Waals surface area contributed by atoms with Gasteiger partial charge < -0.3 is 14.6 Å². The molecule has 27 heavy (non-hydrogen) atoms. The number of piperidine rings is 1. The number of aromatic nitrogens is 3. The molecule has 10 heteroatoms. The van der Waals surface area contributed by atoms with E-state index in [1.54, 1.807) is 25.7 Å². The summed E-state index contributed by atoms with van der Waals surface area (Å²) in [6, 6.07) is 1.19. The molecule has 146 valence electrons. The van der Waals surface area contributed by atoms with Crippen molar-refractivity contribution in [3.63, 3.8) is 0 Å². The average Bonchev–Trinajstić information content (AvgIpc) is 2.57. The molecule has 0 unspecified atom stereocenters. The first-order valence-electron chi connectivity index (χ1n) is 8.55. The van der Waals surface area contributed by atoms with Gasteiger partial charge in [0, 0.05) is 19.1 Å². The Morgan fingerprint density at radius 3 is 2.48 bits per heavy atom. The highest BCUT2D eigenvalue weighted by molar-refractivity contribution is 6.41. The Bertz CT molecular complexity index is 1000. The number of amides is 1. The van der Waals surface area contributed by atoms with Gasteiger partial charge >= 0.3 is 17.2 Å². The van der Waals surface area contributed by atoms with Crippen molar-refractivity contribution in [2.75, 3.05) is 13.1 Å². The molecule has 0 bridgehead atoms. The van der Waals surface area contributed by atoms with Gasteiger partial charge in [-0.2, -0.15) is 0 Å². The molecule has 0 saturated carbocycles. The van der Waals surface area contributed by atoms with Crippen molar-refractivity contribution >= 4 is 40.5 Å². The zero-order valence-corrected chi connectivity index (χ0v) is 16.7. The van der Waals surface area contributed by atoms with Crippen LogP contribution in [0.5, 0.6) is 0 Å². The quantitative estimate of drug-likeness (QED) is 0.571. The lowest BCUT2D eigenvalue weighted by atomic mass is 10.0. The number of fused-ring (bicyclic) bond motifs is 1. The van der Waals surface area contributed by atoms with Crippen molar-refractivity contribution in [2.45, 2.75) is 45.3 Å². The largest absolute Gasteiger partial charge is 0.444 e. The first kappa shape index (κ1) is 19.7. The van der Waals surface area contributed by atoms with Crippen LogP contribution >= 0.6 is 23.2 Å². The number of rotatable bonds is 1. The summed E-state index contributed by atoms with van der Waals surface area (Å²) in [4.78, 5) is 45.0. The first-order valence-corrected chi connectivity index (χ1v) is 9.31. The third kappa shape index (κ3) is 4.11. The van der Waals surface area contributed by atoms with Gasteiger partial charge in [0.1, 0.15) is 10.8 Å². The van der Waals surface area contributed by atoms with E-state index in [4.69, 9.17) is 27.9 Å². The van der Waals surface area contributed by atoms with E-state index in [1.165, 1.54) is 10.6 Å². The van der Waals surface area contributed by atoms with E-state index in [0.29, 0.717) is 31.4 Å². The Labute approximate surface area is 165 Å². The van der Waals surface area contributed by atoms with E-state index < -0.39 is 22.8 Å². The maximum absolute atomic E-state index is 12.5. The van der Waals surface area contributed by atoms with Gasteiger partial charge in [-0.05, 0) is 39.7 Å². The number of nitrogens with one attached hydrogen (secondary N) is 1. The number of carbonyl (C=O) groups is 1. The normalized spacial score (nSPS) is 16.0. The lowest BCUT2D eigenvalue weighted by Gasteiger charge is -2.34. The van der Waals surface area contributed by atoms with Crippen molar-refractivity contribution < 1.29 is 9.53 Å². The summed E-state index contributed by atoms with van der Waals surface area (Å²) in [5.74, 6) is 0. The van der Waals surface area contributed by atoms with Crippen LogP contribution in [0.1, 0.15) is 39.7 Å². The highest BCUT2D eigenvalue weighted by atomic mass is 35.5. The minimum Gasteiger partial charge on any atom is -0.444 e. The molecule has 2 aromatic heterocycles. The van der Waals surface area contributed by atoms with Crippen molar-refractivity contribution in [1.82, 2.24) is 19.4 Å². The van der Waals surface area contributed by atoms with E-state index in [9.17, 15) is 14.4 Å². The maximum Gasteiger partial charge on any atom is 0.410 e. The first-order chi connectivity index (χ1) is 12.6. The zero-order chi connectivity index (χ0) is 19.9. The number of H-pyrrole nitrogens is 1. The minimum atomic E-state index is -0.753. The third-order valence-corrected chi connectivity index (χ3v) is 4.96. The van der Waals surface area contributed by atoms with Crippen molar-refractivity contribution in [2.24, 2.45) is 0 Å². The van der Waals surface area contributed by atoms with Crippen molar-refractivity contribution in [3.05, 3.63) is 36.9 Å². The van der Waals surface area contributed by atoms with E-state index >= 15 is 0 Å². The predicted molar refractivity (Wildman–Crippen MR) is 103 cm³/mol. The van der Waals surface area contributed by atoms with Crippen LogP contribution in [-0.4, -0.2) is 44.2 Å². The molecule has 0 aliphatic carbocycles. The molecule has 3 rings (SSSR count). The summed E-state index contributed by atoms with van der Waals surface area (Å²) in [5.41, 5.74) is -1.43. The Balaban J connectivity index is 1.90. The van der Waals surface area contributed by atoms with Crippen LogP contribution in [0.3, 0.4) is 0 Å². The third-order valence-electron chi connectivity index (χ3n) is 4.28. The smallest absolute Gasteiger partial charge is 0.410 e. The number of nitrogens with zero attached hydrogens (tertiary/aromatic N) is 3. The van der Waals surface area contributed by atoms with Gasteiger partial charge in [-0.15, -0.1) is 0 Å². The highest BCUT2D eigenvalue weighted by Gasteiger charge is 2.29. The van der Waals surface area contributed by atoms with Gasteiger partial charge in [-0.3, -0.25) is 14.2 Å². The van der Waals surface area contributed by atoms with E-state index in [1.807, 2.05) is 0 Å². The van der Waals surface area contributed by atoms with Crippen LogP contribution in [0.25, 0.3) is 11.2 Å². The second-order valence-electron chi connectivity index (χ2n) is 7.46. The molecule has 1 fully saturated rings. The van der Waals surface area contributed by atoms with E-state index in [-0.39, 0.29) is 21.9 Å². The van der Waals surface area contributed by atoms with Gasteiger partial charge in [-0.25, -0.2) is 9.78 Å². The predicted octanol–water partition coefficient (Wildman–Crippen LogP) is 2.96. The molecular weight excluding hydrogens is 395 g/mol. The number of hydrogen-bond acceptors (Lipinski definition) is 5. The molecule has 1 amide bonds. The fourth-order valence-corrected chi connectivity index (χ4v) is 3.37. The number of hydrogen-bond donors (Lipinski definition) is 1. The number of likely N-dealkylation sites (tertiary alicyclic amines) is 1. The molecule has 1 saturated heterocycles. The second-order valence-corrected chi connectivity index (χ2v) is 8.23. The molecule has 0 radical (unpaired) electrons. The lowest BCUT2D eigenvalue weighted by molar-refractivity contribution is 0.0188. The van der Waals surface area contributed by atoms with Crippen molar-refractivity contribution in [3.8, 4) is 0 Å². The monoisotopic (exact) mass is 414 g/mol. The van der Waals surface area contributed by atoms with Crippen LogP contribution in [-0.2, 0) is 4.74 Å². The van der Waals surface area contributed by atoms with Crippen molar-refractivity contribution in [1.29, 1.82) is 0 Å². The minimum absolute atomic E-state index is 0.0514. The van der Waals surface area contributed by atoms with Gasteiger partial charge in [0.2, 0.25) is 0 Å². The highest BCUT2D eigenvalue weighted by Crippen LogP contribution is 2.27. The Morgan fingerprint density at radius 1 is 1.26 bits per heavy atom. The topological polar surface area (TPSA) is 97.3 Å². The molecule has 8 nitrogen and oxygen atoms in total. The average molecular weight is 415 g/mol. The summed E-state index contributed by atoms with van der Waals surface area (Å²) in [5, 5.41) is 0.236. The summed E-state index contributed by atoms with van der Waals surface area (Å²) in [6.07, 6.45) is 0.580. The zero-order valence-electron chi connectivity index (χ0n) is 15.2. The van der Waals surface area contributed by atoms with Gasteiger partial charge in [0.05, 0.1) is 10.5 Å². The molecular formula is C17H20Cl2N4O4. The lowest BCUT2D eigenvalue weighted by Crippen LogP contribution is -2.45.